The predicted molar refractivity (Wildman–Crippen MR) is 116 cm³/mol. The minimum absolute atomic E-state index is 0.0724. The summed E-state index contributed by atoms with van der Waals surface area (Å²) in [5.74, 6) is -0.154. The Hall–Kier alpha value is -3.94. The molecule has 158 valence electrons. The van der Waals surface area contributed by atoms with Gasteiger partial charge in [0.1, 0.15) is 5.69 Å². The highest BCUT2D eigenvalue weighted by Crippen LogP contribution is 2.27. The van der Waals surface area contributed by atoms with Crippen LogP contribution in [-0.2, 0) is 4.74 Å². The van der Waals surface area contributed by atoms with E-state index in [1.165, 1.54) is 0 Å². The smallest absolute Gasteiger partial charge is 0.338 e. The molecule has 0 unspecified atom stereocenters. The van der Waals surface area contributed by atoms with Crippen molar-refractivity contribution in [1.82, 2.24) is 14.8 Å². The van der Waals surface area contributed by atoms with Crippen LogP contribution in [0.2, 0.25) is 0 Å². The number of anilines is 1. The van der Waals surface area contributed by atoms with Crippen molar-refractivity contribution in [2.24, 2.45) is 0 Å². The summed E-state index contributed by atoms with van der Waals surface area (Å²) in [4.78, 5) is 29.6. The van der Waals surface area contributed by atoms with Crippen LogP contribution in [0.4, 0.5) is 5.69 Å². The first kappa shape index (κ1) is 20.3. The van der Waals surface area contributed by atoms with E-state index in [4.69, 9.17) is 9.15 Å². The fraction of sp³-hybridized carbons (Fsp3) is 0.217. The van der Waals surface area contributed by atoms with Crippen molar-refractivity contribution in [3.63, 3.8) is 0 Å². The molecular formula is C23H22N4O4. The van der Waals surface area contributed by atoms with Crippen molar-refractivity contribution in [3.8, 4) is 11.5 Å². The van der Waals surface area contributed by atoms with Gasteiger partial charge in [-0.1, -0.05) is 0 Å². The van der Waals surface area contributed by atoms with Crippen LogP contribution in [0.15, 0.2) is 59.3 Å². The fourth-order valence-electron chi connectivity index (χ4n) is 3.24. The second-order valence-corrected chi connectivity index (χ2v) is 7.20. The van der Waals surface area contributed by atoms with Gasteiger partial charge in [-0.15, -0.1) is 0 Å². The number of nitrogens with one attached hydrogen (secondary N) is 1. The van der Waals surface area contributed by atoms with E-state index in [0.29, 0.717) is 45.9 Å². The first-order chi connectivity index (χ1) is 15.0. The number of benzene rings is 1. The van der Waals surface area contributed by atoms with E-state index in [1.54, 1.807) is 66.5 Å². The van der Waals surface area contributed by atoms with Crippen molar-refractivity contribution < 1.29 is 18.7 Å². The number of carbonyl (C=O) groups excluding carboxylic acids is 2. The lowest BCUT2D eigenvalue weighted by molar-refractivity contribution is 0.0526. The highest BCUT2D eigenvalue weighted by molar-refractivity contribution is 6.12. The Balaban J connectivity index is 1.69. The minimum atomic E-state index is -0.402. The number of hydrogen-bond donors (Lipinski definition) is 1. The summed E-state index contributed by atoms with van der Waals surface area (Å²) in [7, 11) is 0. The number of ether oxygens (including phenoxy) is 1. The van der Waals surface area contributed by atoms with Gasteiger partial charge in [-0.3, -0.25) is 4.79 Å². The summed E-state index contributed by atoms with van der Waals surface area (Å²) in [6, 6.07) is 11.9. The summed E-state index contributed by atoms with van der Waals surface area (Å²) >= 11 is 0. The largest absolute Gasteiger partial charge is 0.463 e. The molecule has 8 nitrogen and oxygen atoms in total. The Bertz CT molecular complexity index is 1220. The summed E-state index contributed by atoms with van der Waals surface area (Å²) in [6.07, 6.45) is 3.21. The van der Waals surface area contributed by atoms with Crippen molar-refractivity contribution in [3.05, 3.63) is 66.1 Å². The molecule has 31 heavy (non-hydrogen) atoms. The van der Waals surface area contributed by atoms with Crippen LogP contribution in [0.3, 0.4) is 0 Å². The van der Waals surface area contributed by atoms with Crippen LogP contribution in [0, 0.1) is 0 Å². The molecule has 0 bridgehead atoms. The molecule has 4 aromatic rings. The lowest BCUT2D eigenvalue weighted by Gasteiger charge is -2.10. The Morgan fingerprint density at radius 3 is 2.61 bits per heavy atom. The van der Waals surface area contributed by atoms with E-state index in [1.807, 2.05) is 13.8 Å². The van der Waals surface area contributed by atoms with Gasteiger partial charge < -0.3 is 14.5 Å². The number of esters is 1. The number of rotatable bonds is 6. The molecule has 0 saturated carbocycles. The van der Waals surface area contributed by atoms with Crippen LogP contribution in [0.1, 0.15) is 47.5 Å². The van der Waals surface area contributed by atoms with Crippen LogP contribution in [-0.4, -0.2) is 33.2 Å². The topological polar surface area (TPSA) is 99.2 Å². The summed E-state index contributed by atoms with van der Waals surface area (Å²) < 4.78 is 12.2. The average molecular weight is 418 g/mol. The maximum Gasteiger partial charge on any atom is 0.338 e. The maximum absolute atomic E-state index is 13.2. The van der Waals surface area contributed by atoms with Crippen LogP contribution >= 0.6 is 0 Å². The summed E-state index contributed by atoms with van der Waals surface area (Å²) in [5.41, 5.74) is 2.55. The molecule has 0 aliphatic heterocycles. The lowest BCUT2D eigenvalue weighted by Crippen LogP contribution is -2.13. The van der Waals surface area contributed by atoms with Crippen molar-refractivity contribution in [2.45, 2.75) is 26.8 Å². The lowest BCUT2D eigenvalue weighted by atomic mass is 10.1. The van der Waals surface area contributed by atoms with Crippen molar-refractivity contribution in [1.29, 1.82) is 0 Å². The molecular weight excluding hydrogens is 396 g/mol. The first-order valence-electron chi connectivity index (χ1n) is 9.98. The Morgan fingerprint density at radius 2 is 1.97 bits per heavy atom. The molecule has 0 atom stereocenters. The van der Waals surface area contributed by atoms with Gasteiger partial charge in [-0.25, -0.2) is 14.5 Å². The van der Waals surface area contributed by atoms with E-state index in [-0.39, 0.29) is 11.9 Å². The standard InChI is InChI=1S/C23H22N4O4/c1-4-30-23(29)15-7-9-16(10-8-15)25-22(28)17-12-19(20-6-5-11-31-20)26-21-18(17)13-24-27(21)14(2)3/h5-14H,4H2,1-3H3,(H,25,28). The molecule has 0 aliphatic rings. The van der Waals surface area contributed by atoms with E-state index in [0.717, 1.165) is 0 Å². The van der Waals surface area contributed by atoms with E-state index < -0.39 is 5.97 Å². The second kappa shape index (κ2) is 8.43. The quantitative estimate of drug-likeness (QED) is 0.456. The highest BCUT2D eigenvalue weighted by atomic mass is 16.5. The average Bonchev–Trinajstić information content (AvgIpc) is 3.43. The third-order valence-electron chi connectivity index (χ3n) is 4.73. The fourth-order valence-corrected chi connectivity index (χ4v) is 3.24. The Labute approximate surface area is 178 Å². The van der Waals surface area contributed by atoms with Crippen LogP contribution in [0.25, 0.3) is 22.5 Å². The molecule has 1 amide bonds. The normalized spacial score (nSPS) is 11.1. The van der Waals surface area contributed by atoms with Crippen LogP contribution in [0.5, 0.6) is 0 Å². The highest BCUT2D eigenvalue weighted by Gasteiger charge is 2.19. The first-order valence-corrected chi connectivity index (χ1v) is 9.98. The molecule has 3 heterocycles. The Morgan fingerprint density at radius 1 is 1.19 bits per heavy atom. The second-order valence-electron chi connectivity index (χ2n) is 7.20. The zero-order valence-electron chi connectivity index (χ0n) is 17.5. The molecule has 3 aromatic heterocycles. The van der Waals surface area contributed by atoms with Gasteiger partial charge in [0.2, 0.25) is 0 Å². The molecule has 0 spiro atoms. The zero-order chi connectivity index (χ0) is 22.0. The molecule has 8 heteroatoms. The van der Waals surface area contributed by atoms with E-state index in [2.05, 4.69) is 15.4 Å². The third kappa shape index (κ3) is 4.05. The number of carbonyl (C=O) groups is 2. The molecule has 0 aliphatic carbocycles. The molecule has 1 aromatic carbocycles. The predicted octanol–water partition coefficient (Wildman–Crippen LogP) is 4.70. The maximum atomic E-state index is 13.2. The van der Waals surface area contributed by atoms with Gasteiger partial charge in [0.15, 0.2) is 11.4 Å². The Kier molecular flexibility index (Phi) is 5.53. The molecule has 0 saturated heterocycles. The van der Waals surface area contributed by atoms with E-state index >= 15 is 0 Å². The number of amides is 1. The van der Waals surface area contributed by atoms with Gasteiger partial charge in [-0.2, -0.15) is 5.10 Å². The van der Waals surface area contributed by atoms with Gasteiger partial charge >= 0.3 is 5.97 Å². The van der Waals surface area contributed by atoms with Gasteiger partial charge in [0, 0.05) is 11.7 Å². The SMILES string of the molecule is CCOC(=O)c1ccc(NC(=O)c2cc(-c3ccco3)nc3c2cnn3C(C)C)cc1. The third-order valence-corrected chi connectivity index (χ3v) is 4.73. The van der Waals surface area contributed by atoms with Crippen molar-refractivity contribution >= 4 is 28.6 Å². The van der Waals surface area contributed by atoms with Gasteiger partial charge in [0.05, 0.1) is 35.6 Å². The molecule has 1 N–H and O–H groups in total. The number of fused-ring (bicyclic) bond motifs is 1. The number of aromatic nitrogens is 3. The minimum Gasteiger partial charge on any atom is -0.463 e. The molecule has 4 rings (SSSR count). The number of nitrogens with zero attached hydrogens (tertiary/aromatic N) is 3. The van der Waals surface area contributed by atoms with Crippen LogP contribution < -0.4 is 5.32 Å². The van der Waals surface area contributed by atoms with E-state index in [9.17, 15) is 9.59 Å². The van der Waals surface area contributed by atoms with Gasteiger partial charge in [-0.05, 0) is 63.2 Å². The molecule has 0 fully saturated rings. The number of pyridine rings is 1. The van der Waals surface area contributed by atoms with Crippen molar-refractivity contribution in [2.75, 3.05) is 11.9 Å². The number of furan rings is 1. The monoisotopic (exact) mass is 418 g/mol. The summed E-state index contributed by atoms with van der Waals surface area (Å²) in [6.45, 7) is 6.05. The zero-order valence-corrected chi connectivity index (χ0v) is 17.5. The molecule has 0 radical (unpaired) electrons. The summed E-state index contributed by atoms with van der Waals surface area (Å²) in [5, 5.41) is 7.92. The van der Waals surface area contributed by atoms with Gasteiger partial charge in [0.25, 0.3) is 5.91 Å². The number of hydrogen-bond acceptors (Lipinski definition) is 6.